The van der Waals surface area contributed by atoms with Crippen LogP contribution in [0.1, 0.15) is 31.4 Å². The summed E-state index contributed by atoms with van der Waals surface area (Å²) in [5.41, 5.74) is 6.37. The lowest BCUT2D eigenvalue weighted by atomic mass is 10.0. The summed E-state index contributed by atoms with van der Waals surface area (Å²) in [6.45, 7) is 6.22. The summed E-state index contributed by atoms with van der Waals surface area (Å²) in [5, 5.41) is 9.97. The van der Waals surface area contributed by atoms with E-state index in [4.69, 9.17) is 13.6 Å². The summed E-state index contributed by atoms with van der Waals surface area (Å²) in [4.78, 5) is 0. The molecule has 3 heterocycles. The maximum atomic E-state index is 6.11. The number of ether oxygens (including phenoxy) is 1. The molecule has 3 nitrogen and oxygen atoms in total. The van der Waals surface area contributed by atoms with Crippen LogP contribution in [-0.4, -0.2) is 13.2 Å². The molecule has 0 saturated carbocycles. The Balaban J connectivity index is 0.000000129. The van der Waals surface area contributed by atoms with E-state index in [1.54, 1.807) is 0 Å². The third kappa shape index (κ3) is 5.39. The Hall–Kier alpha value is -3.87. The second-order valence-electron chi connectivity index (χ2n) is 10.9. The molecule has 0 aliphatic carbocycles. The van der Waals surface area contributed by atoms with Crippen molar-refractivity contribution in [3.63, 3.8) is 0 Å². The number of rotatable bonds is 0. The zero-order chi connectivity index (χ0) is 28.6. The average molecular weight is 679 g/mol. The molecule has 1 aliphatic heterocycles. The summed E-state index contributed by atoms with van der Waals surface area (Å²) >= 11 is 2.33. The second kappa shape index (κ2) is 12.4. The van der Waals surface area contributed by atoms with Gasteiger partial charge >= 0.3 is 0 Å². The van der Waals surface area contributed by atoms with Gasteiger partial charge in [0.2, 0.25) is 0 Å². The highest BCUT2D eigenvalue weighted by Gasteiger charge is 2.14. The Labute approximate surface area is 265 Å². The Morgan fingerprint density at radius 1 is 0.535 bits per heavy atom. The predicted molar refractivity (Wildman–Crippen MR) is 191 cm³/mol. The van der Waals surface area contributed by atoms with Crippen molar-refractivity contribution >= 4 is 88.0 Å². The van der Waals surface area contributed by atoms with Crippen molar-refractivity contribution in [2.45, 2.75) is 34.1 Å². The molecule has 0 spiro atoms. The normalized spacial score (nSPS) is 12.8. The fraction of sp³-hybridized carbons (Fsp3) is 0.179. The van der Waals surface area contributed by atoms with Crippen molar-refractivity contribution in [1.29, 1.82) is 0 Å². The first-order chi connectivity index (χ1) is 20.6. The quantitative estimate of drug-likeness (QED) is 0.150. The molecule has 0 radical (unpaired) electrons. The van der Waals surface area contributed by atoms with E-state index in [1.165, 1.54) is 67.1 Å². The van der Waals surface area contributed by atoms with Gasteiger partial charge in [-0.15, -0.1) is 0 Å². The molecule has 0 unspecified atom stereocenters. The molecule has 1 fully saturated rings. The minimum Gasteiger partial charge on any atom is -0.456 e. The number of benzene rings is 6. The highest BCUT2D eigenvalue weighted by Crippen LogP contribution is 2.38. The molecule has 216 valence electrons. The van der Waals surface area contributed by atoms with Gasteiger partial charge in [0, 0.05) is 34.8 Å². The molecular weight excluding hydrogens is 643 g/mol. The van der Waals surface area contributed by atoms with Gasteiger partial charge in [0.15, 0.2) is 0 Å². The highest BCUT2D eigenvalue weighted by molar-refractivity contribution is 14.1. The highest BCUT2D eigenvalue weighted by atomic mass is 127. The first kappa shape index (κ1) is 29.2. The largest absolute Gasteiger partial charge is 0.456 e. The Morgan fingerprint density at radius 3 is 1.65 bits per heavy atom. The first-order valence-corrected chi connectivity index (χ1v) is 15.5. The maximum absolute atomic E-state index is 6.11. The molecule has 0 atom stereocenters. The Bertz CT molecular complexity index is 2210. The number of hydrogen-bond acceptors (Lipinski definition) is 3. The monoisotopic (exact) mass is 678 g/mol. The van der Waals surface area contributed by atoms with Crippen LogP contribution in [0.15, 0.2) is 112 Å². The molecular formula is C39H35IO3. The topological polar surface area (TPSA) is 35.5 Å². The van der Waals surface area contributed by atoms with Gasteiger partial charge in [-0.25, -0.2) is 0 Å². The number of hydrogen-bond donors (Lipinski definition) is 0. The Kier molecular flexibility index (Phi) is 8.42. The van der Waals surface area contributed by atoms with E-state index in [2.05, 4.69) is 127 Å². The lowest BCUT2D eigenvalue weighted by Crippen LogP contribution is -1.78. The fourth-order valence-electron chi connectivity index (χ4n) is 6.03. The molecule has 0 N–H and O–H groups in total. The van der Waals surface area contributed by atoms with Crippen molar-refractivity contribution < 1.29 is 13.6 Å². The van der Waals surface area contributed by atoms with Gasteiger partial charge < -0.3 is 13.6 Å². The molecule has 0 amide bonds. The van der Waals surface area contributed by atoms with Crippen LogP contribution in [0.3, 0.4) is 0 Å². The summed E-state index contributed by atoms with van der Waals surface area (Å²) in [6.07, 6.45) is 2.56. The molecule has 6 aromatic carbocycles. The van der Waals surface area contributed by atoms with Gasteiger partial charge in [-0.1, -0.05) is 86.3 Å². The summed E-state index contributed by atoms with van der Waals surface area (Å²) in [5.74, 6) is 0. The van der Waals surface area contributed by atoms with Crippen LogP contribution in [0.4, 0.5) is 0 Å². The molecule has 0 bridgehead atoms. The molecule has 9 rings (SSSR count). The van der Waals surface area contributed by atoms with Crippen LogP contribution in [0.25, 0.3) is 65.4 Å². The van der Waals surface area contributed by atoms with E-state index in [-0.39, 0.29) is 7.43 Å². The van der Waals surface area contributed by atoms with E-state index in [0.717, 1.165) is 39.1 Å². The van der Waals surface area contributed by atoms with Crippen molar-refractivity contribution in [1.82, 2.24) is 0 Å². The van der Waals surface area contributed by atoms with Gasteiger partial charge in [0.25, 0.3) is 0 Å². The third-order valence-corrected chi connectivity index (χ3v) is 8.86. The second-order valence-corrected chi connectivity index (χ2v) is 12.0. The average Bonchev–Trinajstić information content (AvgIpc) is 3.79. The van der Waals surface area contributed by atoms with Gasteiger partial charge in [0.1, 0.15) is 22.3 Å². The summed E-state index contributed by atoms with van der Waals surface area (Å²) < 4.78 is 18.2. The standard InChI is InChI=1S/C17H11IO.C17H12O.C4H8O.CH4/c1-10-9-11-5-2-3-6-12(11)15-13-7-4-8-14(18)17(13)19-16(10)15;1-11-10-12-6-2-3-7-13(12)16-14-8-4-5-9-15(14)18-17(11)16;1-2-4-5-3-1;/h2-9H,1H3;2-10H,1H3;1-4H2;1H4. The van der Waals surface area contributed by atoms with Crippen molar-refractivity contribution in [2.24, 2.45) is 0 Å². The molecule has 8 aromatic rings. The number of halogens is 1. The fourth-order valence-corrected chi connectivity index (χ4v) is 6.64. The van der Waals surface area contributed by atoms with Crippen LogP contribution >= 0.6 is 22.6 Å². The zero-order valence-electron chi connectivity index (χ0n) is 23.7. The summed E-state index contributed by atoms with van der Waals surface area (Å²) in [6, 6.07) is 36.0. The number of aryl methyl sites for hydroxylation is 2. The van der Waals surface area contributed by atoms with Gasteiger partial charge in [-0.05, 0) is 106 Å². The van der Waals surface area contributed by atoms with Crippen molar-refractivity contribution in [3.05, 3.63) is 118 Å². The van der Waals surface area contributed by atoms with E-state index < -0.39 is 0 Å². The zero-order valence-corrected chi connectivity index (χ0v) is 25.9. The lowest BCUT2D eigenvalue weighted by Gasteiger charge is -2.01. The van der Waals surface area contributed by atoms with Crippen LogP contribution in [0, 0.1) is 17.4 Å². The van der Waals surface area contributed by atoms with Gasteiger partial charge in [-0.2, -0.15) is 0 Å². The minimum atomic E-state index is 0. The SMILES string of the molecule is C.C1CCOC1.Cc1cc2ccccc2c2c1oc1c(I)cccc12.Cc1cc2ccccc2c2c1oc1ccccc12. The minimum absolute atomic E-state index is 0. The van der Waals surface area contributed by atoms with Crippen molar-refractivity contribution in [2.75, 3.05) is 13.2 Å². The number of furan rings is 2. The molecule has 1 aliphatic rings. The predicted octanol–water partition coefficient (Wildman–Crippen LogP) is 12.1. The Morgan fingerprint density at radius 2 is 1.05 bits per heavy atom. The molecule has 2 aromatic heterocycles. The third-order valence-electron chi connectivity index (χ3n) is 8.01. The van der Waals surface area contributed by atoms with E-state index in [1.807, 2.05) is 12.1 Å². The lowest BCUT2D eigenvalue weighted by molar-refractivity contribution is 0.198. The smallest absolute Gasteiger partial charge is 0.148 e. The van der Waals surface area contributed by atoms with Crippen LogP contribution in [0.5, 0.6) is 0 Å². The van der Waals surface area contributed by atoms with E-state index >= 15 is 0 Å². The van der Waals surface area contributed by atoms with Crippen molar-refractivity contribution in [3.8, 4) is 0 Å². The number of fused-ring (bicyclic) bond motifs is 10. The molecule has 4 heteroatoms. The van der Waals surface area contributed by atoms with Gasteiger partial charge in [-0.3, -0.25) is 0 Å². The van der Waals surface area contributed by atoms with Crippen LogP contribution in [-0.2, 0) is 4.74 Å². The van der Waals surface area contributed by atoms with E-state index in [9.17, 15) is 0 Å². The maximum Gasteiger partial charge on any atom is 0.148 e. The van der Waals surface area contributed by atoms with Gasteiger partial charge in [0.05, 0.1) is 3.57 Å². The first-order valence-electron chi connectivity index (χ1n) is 14.5. The van der Waals surface area contributed by atoms with Crippen LogP contribution < -0.4 is 0 Å². The summed E-state index contributed by atoms with van der Waals surface area (Å²) in [7, 11) is 0. The van der Waals surface area contributed by atoms with E-state index in [0.29, 0.717) is 0 Å². The molecule has 43 heavy (non-hydrogen) atoms. The number of para-hydroxylation sites is 2. The molecule has 1 saturated heterocycles. The van der Waals surface area contributed by atoms with Crippen LogP contribution in [0.2, 0.25) is 0 Å².